The van der Waals surface area contributed by atoms with Crippen molar-refractivity contribution in [3.63, 3.8) is 0 Å². The van der Waals surface area contributed by atoms with Crippen LogP contribution in [0.4, 0.5) is 0 Å². The molecule has 2 N–H and O–H groups in total. The molecule has 4 heteroatoms. The Balaban J connectivity index is 2.37. The third-order valence-corrected chi connectivity index (χ3v) is 4.11. The van der Waals surface area contributed by atoms with E-state index in [2.05, 4.69) is 48.9 Å². The minimum absolute atomic E-state index is 0.630. The van der Waals surface area contributed by atoms with Gasteiger partial charge in [0.1, 0.15) is 0 Å². The Labute approximate surface area is 155 Å². The van der Waals surface area contributed by atoms with Gasteiger partial charge in [-0.3, -0.25) is 15.1 Å². The van der Waals surface area contributed by atoms with E-state index >= 15 is 0 Å². The summed E-state index contributed by atoms with van der Waals surface area (Å²) in [5.74, 6) is 0. The standard InChI is InChI=1S/C22H26N2O2/c1-4-17-6-10-19(11-7-17)14-21(23-16-25)22(24-26-3)15-20-12-8-18(5-2)9-13-20/h6-16,24H,4-5H2,1-3H3,(H,23,25). The molecule has 2 rings (SSSR count). The van der Waals surface area contributed by atoms with E-state index in [1.54, 1.807) is 7.11 Å². The summed E-state index contributed by atoms with van der Waals surface area (Å²) in [6.45, 7) is 4.25. The number of carbonyl (C=O) groups is 1. The van der Waals surface area contributed by atoms with Crippen LogP contribution in [0.1, 0.15) is 36.1 Å². The first-order valence-corrected chi connectivity index (χ1v) is 8.81. The van der Waals surface area contributed by atoms with Gasteiger partial charge in [0.25, 0.3) is 0 Å². The Morgan fingerprint density at radius 1 is 0.846 bits per heavy atom. The molecule has 0 aliphatic rings. The van der Waals surface area contributed by atoms with Gasteiger partial charge in [0, 0.05) is 0 Å². The Bertz CT molecular complexity index is 760. The normalized spacial score (nSPS) is 12.0. The zero-order chi connectivity index (χ0) is 18.8. The van der Waals surface area contributed by atoms with E-state index in [1.165, 1.54) is 11.1 Å². The lowest BCUT2D eigenvalue weighted by atomic mass is 10.1. The number of rotatable bonds is 9. The molecule has 4 nitrogen and oxygen atoms in total. The number of carbonyl (C=O) groups excluding carboxylic acids is 1. The third kappa shape index (κ3) is 5.60. The third-order valence-electron chi connectivity index (χ3n) is 4.11. The van der Waals surface area contributed by atoms with Gasteiger partial charge >= 0.3 is 0 Å². The maximum absolute atomic E-state index is 11.1. The fourth-order valence-corrected chi connectivity index (χ4v) is 2.57. The van der Waals surface area contributed by atoms with E-state index in [1.807, 2.05) is 36.4 Å². The Hall–Kier alpha value is -2.85. The molecule has 0 atom stereocenters. The maximum atomic E-state index is 11.1. The van der Waals surface area contributed by atoms with Gasteiger partial charge < -0.3 is 5.32 Å². The number of aryl methyl sites for hydroxylation is 2. The molecule has 26 heavy (non-hydrogen) atoms. The van der Waals surface area contributed by atoms with Crippen molar-refractivity contribution in [3.8, 4) is 0 Å². The minimum atomic E-state index is 0.630. The van der Waals surface area contributed by atoms with Gasteiger partial charge in [0.2, 0.25) is 6.41 Å². The second-order valence-corrected chi connectivity index (χ2v) is 5.87. The zero-order valence-electron chi connectivity index (χ0n) is 15.6. The quantitative estimate of drug-likeness (QED) is 0.407. The molecule has 2 aromatic rings. The summed E-state index contributed by atoms with van der Waals surface area (Å²) in [7, 11) is 1.54. The maximum Gasteiger partial charge on any atom is 0.211 e. The lowest BCUT2D eigenvalue weighted by molar-refractivity contribution is -0.108. The molecule has 0 fully saturated rings. The molecule has 0 saturated carbocycles. The van der Waals surface area contributed by atoms with Gasteiger partial charge in [-0.1, -0.05) is 62.4 Å². The molecule has 0 aliphatic heterocycles. The molecule has 0 bridgehead atoms. The van der Waals surface area contributed by atoms with Crippen molar-refractivity contribution >= 4 is 18.6 Å². The largest absolute Gasteiger partial charge is 0.327 e. The van der Waals surface area contributed by atoms with Crippen molar-refractivity contribution in [1.29, 1.82) is 0 Å². The van der Waals surface area contributed by atoms with Crippen molar-refractivity contribution in [2.24, 2.45) is 0 Å². The number of amides is 1. The predicted molar refractivity (Wildman–Crippen MR) is 107 cm³/mol. The van der Waals surface area contributed by atoms with Crippen molar-refractivity contribution in [1.82, 2.24) is 10.8 Å². The second-order valence-electron chi connectivity index (χ2n) is 5.87. The first-order valence-electron chi connectivity index (χ1n) is 8.81. The van der Waals surface area contributed by atoms with Crippen molar-refractivity contribution < 1.29 is 9.63 Å². The average molecular weight is 350 g/mol. The van der Waals surface area contributed by atoms with Crippen LogP contribution >= 0.6 is 0 Å². The van der Waals surface area contributed by atoms with Crippen LogP contribution in [0, 0.1) is 0 Å². The van der Waals surface area contributed by atoms with Crippen LogP contribution in [-0.4, -0.2) is 13.5 Å². The van der Waals surface area contributed by atoms with Gasteiger partial charge in [-0.2, -0.15) is 0 Å². The van der Waals surface area contributed by atoms with E-state index in [0.717, 1.165) is 24.0 Å². The van der Waals surface area contributed by atoms with E-state index in [0.29, 0.717) is 17.8 Å². The van der Waals surface area contributed by atoms with Gasteiger partial charge in [-0.05, 0) is 47.2 Å². The second kappa shape index (κ2) is 10.2. The van der Waals surface area contributed by atoms with E-state index < -0.39 is 0 Å². The van der Waals surface area contributed by atoms with Crippen LogP contribution < -0.4 is 10.8 Å². The Kier molecular flexibility index (Phi) is 7.65. The lowest BCUT2D eigenvalue weighted by Crippen LogP contribution is -2.21. The fraction of sp³-hybridized carbons (Fsp3) is 0.227. The number of hydrogen-bond donors (Lipinski definition) is 2. The highest BCUT2D eigenvalue weighted by Crippen LogP contribution is 2.16. The summed E-state index contributed by atoms with van der Waals surface area (Å²) < 4.78 is 0. The topological polar surface area (TPSA) is 50.4 Å². The first kappa shape index (κ1) is 19.5. The summed E-state index contributed by atoms with van der Waals surface area (Å²) in [5.41, 5.74) is 8.72. The monoisotopic (exact) mass is 350 g/mol. The van der Waals surface area contributed by atoms with Crippen LogP contribution in [0.5, 0.6) is 0 Å². The van der Waals surface area contributed by atoms with Crippen molar-refractivity contribution in [2.75, 3.05) is 7.11 Å². The molecule has 0 radical (unpaired) electrons. The van der Waals surface area contributed by atoms with E-state index in [9.17, 15) is 4.79 Å². The molecule has 0 saturated heterocycles. The predicted octanol–water partition coefficient (Wildman–Crippen LogP) is 4.09. The molecule has 2 aromatic carbocycles. The summed E-state index contributed by atoms with van der Waals surface area (Å²) in [6.07, 6.45) is 6.50. The van der Waals surface area contributed by atoms with Gasteiger partial charge in [-0.25, -0.2) is 0 Å². The average Bonchev–Trinajstić information content (AvgIpc) is 2.68. The molecule has 136 valence electrons. The molecule has 0 heterocycles. The van der Waals surface area contributed by atoms with Gasteiger partial charge in [-0.15, -0.1) is 0 Å². The molecule has 0 aliphatic carbocycles. The Morgan fingerprint density at radius 2 is 1.31 bits per heavy atom. The first-order chi connectivity index (χ1) is 12.7. The zero-order valence-corrected chi connectivity index (χ0v) is 15.6. The molecule has 0 aromatic heterocycles. The minimum Gasteiger partial charge on any atom is -0.327 e. The van der Waals surface area contributed by atoms with Crippen molar-refractivity contribution in [2.45, 2.75) is 26.7 Å². The van der Waals surface area contributed by atoms with Crippen LogP contribution in [0.15, 0.2) is 59.9 Å². The molecule has 1 amide bonds. The summed E-state index contributed by atoms with van der Waals surface area (Å²) in [4.78, 5) is 16.2. The molecular formula is C22H26N2O2. The number of nitrogens with one attached hydrogen (secondary N) is 2. The number of hydroxylamine groups is 1. The SMILES string of the molecule is CCc1ccc(C=C(NC=O)C(=Cc2ccc(CC)cc2)NOC)cc1. The van der Waals surface area contributed by atoms with Crippen LogP contribution in [-0.2, 0) is 22.5 Å². The smallest absolute Gasteiger partial charge is 0.211 e. The molecule has 0 unspecified atom stereocenters. The van der Waals surface area contributed by atoms with Crippen LogP contribution in [0.25, 0.3) is 12.2 Å². The summed E-state index contributed by atoms with van der Waals surface area (Å²) >= 11 is 0. The number of benzene rings is 2. The fourth-order valence-electron chi connectivity index (χ4n) is 2.57. The van der Waals surface area contributed by atoms with E-state index in [-0.39, 0.29) is 0 Å². The summed E-state index contributed by atoms with van der Waals surface area (Å²) in [6, 6.07) is 16.5. The van der Waals surface area contributed by atoms with Crippen LogP contribution in [0.3, 0.4) is 0 Å². The molecule has 0 spiro atoms. The highest BCUT2D eigenvalue weighted by atomic mass is 16.6. The number of hydrogen-bond acceptors (Lipinski definition) is 3. The van der Waals surface area contributed by atoms with Crippen molar-refractivity contribution in [3.05, 3.63) is 82.2 Å². The lowest BCUT2D eigenvalue weighted by Gasteiger charge is -2.13. The summed E-state index contributed by atoms with van der Waals surface area (Å²) in [5, 5.41) is 2.76. The Morgan fingerprint density at radius 3 is 1.69 bits per heavy atom. The molecular weight excluding hydrogens is 324 g/mol. The highest BCUT2D eigenvalue weighted by molar-refractivity contribution is 5.69. The van der Waals surface area contributed by atoms with Gasteiger partial charge in [0.15, 0.2) is 0 Å². The van der Waals surface area contributed by atoms with Crippen LogP contribution in [0.2, 0.25) is 0 Å². The van der Waals surface area contributed by atoms with E-state index in [4.69, 9.17) is 4.84 Å². The highest BCUT2D eigenvalue weighted by Gasteiger charge is 2.06. The van der Waals surface area contributed by atoms with Gasteiger partial charge in [0.05, 0.1) is 18.5 Å².